The second-order valence-corrected chi connectivity index (χ2v) is 7.69. The van der Waals surface area contributed by atoms with Crippen LogP contribution in [0.15, 0.2) is 83.8 Å². The Bertz CT molecular complexity index is 900. The molecule has 0 aliphatic carbocycles. The summed E-state index contributed by atoms with van der Waals surface area (Å²) in [6, 6.07) is 25.3. The summed E-state index contributed by atoms with van der Waals surface area (Å²) in [6.07, 6.45) is -0.0590. The van der Waals surface area contributed by atoms with Crippen molar-refractivity contribution in [1.29, 1.82) is 0 Å². The van der Waals surface area contributed by atoms with Gasteiger partial charge in [0.2, 0.25) is 0 Å². The molecule has 0 aromatic heterocycles. The number of carbonyl (C=O) groups excluding carboxylic acids is 1. The van der Waals surface area contributed by atoms with Crippen LogP contribution in [0.3, 0.4) is 0 Å². The van der Waals surface area contributed by atoms with Gasteiger partial charge in [0.1, 0.15) is 5.75 Å². The number of anilines is 1. The first-order chi connectivity index (χ1) is 13.7. The smallest absolute Gasteiger partial charge is 0.265 e. The van der Waals surface area contributed by atoms with Gasteiger partial charge in [0, 0.05) is 16.3 Å². The van der Waals surface area contributed by atoms with Crippen LogP contribution in [0.1, 0.15) is 18.9 Å². The molecular weight excluding hydrogens is 390 g/mol. The average Bonchev–Trinajstić information content (AvgIpc) is 2.73. The first-order valence-electron chi connectivity index (χ1n) is 9.14. The van der Waals surface area contributed by atoms with Crippen LogP contribution in [-0.4, -0.2) is 12.0 Å². The fourth-order valence-corrected chi connectivity index (χ4v) is 3.66. The van der Waals surface area contributed by atoms with Gasteiger partial charge in [-0.1, -0.05) is 61.0 Å². The highest BCUT2D eigenvalue weighted by Gasteiger charge is 2.19. The molecule has 0 radical (unpaired) electrons. The standard InChI is InChI=1S/C23H22ClNO2S/c1-2-21(27-22-11-7-6-10-20(22)24)23(26)25-18-14-12-17(13-15-18)16-28-19-8-4-3-5-9-19/h3-15,21H,2,16H2,1H3,(H,25,26)/t21-/m0/s1. The number of thioether (sulfide) groups is 1. The first kappa shape index (κ1) is 20.3. The van der Waals surface area contributed by atoms with Crippen molar-refractivity contribution in [2.75, 3.05) is 5.32 Å². The summed E-state index contributed by atoms with van der Waals surface area (Å²) in [7, 11) is 0. The maximum atomic E-state index is 12.6. The third-order valence-electron chi connectivity index (χ3n) is 4.14. The monoisotopic (exact) mass is 411 g/mol. The SMILES string of the molecule is CC[C@H](Oc1ccccc1Cl)C(=O)Nc1ccc(CSc2ccccc2)cc1. The molecule has 1 atom stereocenters. The summed E-state index contributed by atoms with van der Waals surface area (Å²) >= 11 is 7.91. The van der Waals surface area contributed by atoms with E-state index in [4.69, 9.17) is 16.3 Å². The average molecular weight is 412 g/mol. The van der Waals surface area contributed by atoms with Crippen molar-refractivity contribution < 1.29 is 9.53 Å². The molecule has 0 heterocycles. The number of rotatable bonds is 8. The quantitative estimate of drug-likeness (QED) is 0.434. The lowest BCUT2D eigenvalue weighted by molar-refractivity contribution is -0.122. The molecule has 144 valence electrons. The predicted octanol–water partition coefficient (Wildman–Crippen LogP) is 6.43. The van der Waals surface area contributed by atoms with Crippen molar-refractivity contribution in [3.63, 3.8) is 0 Å². The number of hydrogen-bond acceptors (Lipinski definition) is 3. The lowest BCUT2D eigenvalue weighted by atomic mass is 10.2. The minimum absolute atomic E-state index is 0.186. The first-order valence-corrected chi connectivity index (χ1v) is 10.5. The molecule has 0 fully saturated rings. The van der Waals surface area contributed by atoms with Crippen molar-refractivity contribution in [2.45, 2.75) is 30.1 Å². The number of halogens is 1. The van der Waals surface area contributed by atoms with E-state index in [1.807, 2.05) is 61.5 Å². The molecule has 5 heteroatoms. The van der Waals surface area contributed by atoms with E-state index < -0.39 is 6.10 Å². The largest absolute Gasteiger partial charge is 0.479 e. The van der Waals surface area contributed by atoms with E-state index in [0.29, 0.717) is 17.2 Å². The van der Waals surface area contributed by atoms with Crippen molar-refractivity contribution in [1.82, 2.24) is 0 Å². The van der Waals surface area contributed by atoms with E-state index in [9.17, 15) is 4.79 Å². The minimum atomic E-state index is -0.604. The number of nitrogens with one attached hydrogen (secondary N) is 1. The summed E-state index contributed by atoms with van der Waals surface area (Å²) in [4.78, 5) is 13.8. The Kier molecular flexibility index (Phi) is 7.40. The Labute approximate surface area is 175 Å². The molecule has 0 aliphatic heterocycles. The summed E-state index contributed by atoms with van der Waals surface area (Å²) in [5.41, 5.74) is 1.95. The Balaban J connectivity index is 1.56. The Morgan fingerprint density at radius 3 is 2.36 bits per heavy atom. The summed E-state index contributed by atoms with van der Waals surface area (Å²) in [5.74, 6) is 1.21. The molecule has 0 bridgehead atoms. The molecule has 0 saturated heterocycles. The normalized spacial score (nSPS) is 11.6. The van der Waals surface area contributed by atoms with Gasteiger partial charge in [-0.15, -0.1) is 11.8 Å². The molecule has 1 N–H and O–H groups in total. The highest BCUT2D eigenvalue weighted by molar-refractivity contribution is 7.98. The number of amides is 1. The van der Waals surface area contributed by atoms with E-state index in [-0.39, 0.29) is 5.91 Å². The number of ether oxygens (including phenoxy) is 1. The van der Waals surface area contributed by atoms with E-state index in [1.54, 1.807) is 23.9 Å². The lowest BCUT2D eigenvalue weighted by Gasteiger charge is -2.18. The van der Waals surface area contributed by atoms with E-state index in [1.165, 1.54) is 10.5 Å². The van der Waals surface area contributed by atoms with E-state index >= 15 is 0 Å². The number of carbonyl (C=O) groups is 1. The maximum absolute atomic E-state index is 12.6. The van der Waals surface area contributed by atoms with Crippen LogP contribution < -0.4 is 10.1 Å². The van der Waals surface area contributed by atoms with Crippen molar-refractivity contribution in [3.05, 3.63) is 89.4 Å². The number of benzene rings is 3. The zero-order chi connectivity index (χ0) is 19.8. The second-order valence-electron chi connectivity index (χ2n) is 6.23. The molecule has 3 nitrogen and oxygen atoms in total. The zero-order valence-corrected chi connectivity index (χ0v) is 17.2. The molecular formula is C23H22ClNO2S. The van der Waals surface area contributed by atoms with Crippen LogP contribution in [0, 0.1) is 0 Å². The fraction of sp³-hybridized carbons (Fsp3) is 0.174. The van der Waals surface area contributed by atoms with Crippen molar-refractivity contribution in [3.8, 4) is 5.75 Å². The third kappa shape index (κ3) is 5.78. The number of hydrogen-bond donors (Lipinski definition) is 1. The van der Waals surface area contributed by atoms with Gasteiger partial charge in [0.25, 0.3) is 5.91 Å². The second kappa shape index (κ2) is 10.2. The fourth-order valence-electron chi connectivity index (χ4n) is 2.61. The van der Waals surface area contributed by atoms with Gasteiger partial charge in [-0.05, 0) is 48.4 Å². The zero-order valence-electron chi connectivity index (χ0n) is 15.6. The van der Waals surface area contributed by atoms with E-state index in [0.717, 1.165) is 11.4 Å². The highest BCUT2D eigenvalue weighted by atomic mass is 35.5. The Morgan fingerprint density at radius 2 is 1.68 bits per heavy atom. The minimum Gasteiger partial charge on any atom is -0.479 e. The van der Waals surface area contributed by atoms with Crippen LogP contribution >= 0.6 is 23.4 Å². The Morgan fingerprint density at radius 1 is 1.00 bits per heavy atom. The molecule has 1 amide bonds. The van der Waals surface area contributed by atoms with Crippen LogP contribution in [0.25, 0.3) is 0 Å². The van der Waals surface area contributed by atoms with Crippen LogP contribution in [0.5, 0.6) is 5.75 Å². The van der Waals surface area contributed by atoms with Gasteiger partial charge in [-0.2, -0.15) is 0 Å². The van der Waals surface area contributed by atoms with Crippen LogP contribution in [0.4, 0.5) is 5.69 Å². The van der Waals surface area contributed by atoms with Gasteiger partial charge in [-0.25, -0.2) is 0 Å². The molecule has 28 heavy (non-hydrogen) atoms. The van der Waals surface area contributed by atoms with Crippen molar-refractivity contribution in [2.24, 2.45) is 0 Å². The van der Waals surface area contributed by atoms with Gasteiger partial charge < -0.3 is 10.1 Å². The molecule has 3 aromatic rings. The summed E-state index contributed by atoms with van der Waals surface area (Å²) in [5, 5.41) is 3.41. The topological polar surface area (TPSA) is 38.3 Å². The van der Waals surface area contributed by atoms with E-state index in [2.05, 4.69) is 17.4 Å². The molecule has 0 spiro atoms. The summed E-state index contributed by atoms with van der Waals surface area (Å²) in [6.45, 7) is 1.91. The number of para-hydroxylation sites is 1. The molecule has 0 saturated carbocycles. The molecule has 3 rings (SSSR count). The third-order valence-corrected chi connectivity index (χ3v) is 5.53. The van der Waals surface area contributed by atoms with Gasteiger partial charge in [0.05, 0.1) is 5.02 Å². The van der Waals surface area contributed by atoms with Crippen LogP contribution in [-0.2, 0) is 10.5 Å². The summed E-state index contributed by atoms with van der Waals surface area (Å²) < 4.78 is 5.79. The van der Waals surface area contributed by atoms with Gasteiger partial charge in [-0.3, -0.25) is 4.79 Å². The lowest BCUT2D eigenvalue weighted by Crippen LogP contribution is -2.32. The maximum Gasteiger partial charge on any atom is 0.265 e. The van der Waals surface area contributed by atoms with Gasteiger partial charge >= 0.3 is 0 Å². The highest BCUT2D eigenvalue weighted by Crippen LogP contribution is 2.26. The van der Waals surface area contributed by atoms with Crippen molar-refractivity contribution >= 4 is 35.0 Å². The molecule has 0 aliphatic rings. The van der Waals surface area contributed by atoms with Crippen LogP contribution in [0.2, 0.25) is 5.02 Å². The van der Waals surface area contributed by atoms with Gasteiger partial charge in [0.15, 0.2) is 6.10 Å². The Hall–Kier alpha value is -2.43. The molecule has 3 aromatic carbocycles. The predicted molar refractivity (Wildman–Crippen MR) is 117 cm³/mol. The molecule has 0 unspecified atom stereocenters.